The summed E-state index contributed by atoms with van der Waals surface area (Å²) >= 11 is 2.83. The molecule has 0 aliphatic carbocycles. The highest BCUT2D eigenvalue weighted by Gasteiger charge is 2.04. The Morgan fingerprint density at radius 2 is 2.43 bits per heavy atom. The van der Waals surface area contributed by atoms with Gasteiger partial charge in [-0.15, -0.1) is 0 Å². The van der Waals surface area contributed by atoms with E-state index in [1.54, 1.807) is 6.07 Å². The molecule has 0 aromatic rings. The molecule has 1 atom stereocenters. The third-order valence-electron chi connectivity index (χ3n) is 0.470. The molecule has 0 aliphatic heterocycles. The summed E-state index contributed by atoms with van der Waals surface area (Å²) in [6.07, 6.45) is 0. The van der Waals surface area contributed by atoms with Crippen molar-refractivity contribution in [3.8, 4) is 6.07 Å². The molecule has 0 saturated heterocycles. The van der Waals surface area contributed by atoms with Crippen LogP contribution in [0.15, 0.2) is 0 Å². The van der Waals surface area contributed by atoms with Crippen LogP contribution in [-0.2, 0) is 4.79 Å². The Balaban J connectivity index is 3.63. The van der Waals surface area contributed by atoms with Crippen molar-refractivity contribution >= 4 is 21.7 Å². The van der Waals surface area contributed by atoms with E-state index in [0.717, 1.165) is 0 Å². The highest BCUT2D eigenvalue weighted by molar-refractivity contribution is 9.10. The Labute approximate surface area is 50.3 Å². The Kier molecular flexibility index (Phi) is 2.61. The zero-order valence-electron chi connectivity index (χ0n) is 3.81. The first-order valence-corrected chi connectivity index (χ1v) is 2.64. The number of hydrogen-bond donors (Lipinski definition) is 0. The van der Waals surface area contributed by atoms with Crippen LogP contribution >= 0.6 is 15.9 Å². The minimum atomic E-state index is -0.618. The van der Waals surface area contributed by atoms with E-state index in [2.05, 4.69) is 15.9 Å². The molecule has 7 heavy (non-hydrogen) atoms. The summed E-state index contributed by atoms with van der Waals surface area (Å²) in [6.45, 7) is 1.36. The second-order valence-electron chi connectivity index (χ2n) is 1.10. The van der Waals surface area contributed by atoms with Crippen molar-refractivity contribution in [2.45, 2.75) is 11.8 Å². The van der Waals surface area contributed by atoms with Gasteiger partial charge in [-0.3, -0.25) is 4.79 Å². The lowest BCUT2D eigenvalue weighted by Gasteiger charge is -1.85. The molecule has 0 aliphatic rings. The van der Waals surface area contributed by atoms with Crippen molar-refractivity contribution in [3.63, 3.8) is 0 Å². The molecule has 0 saturated carbocycles. The average Bonchev–Trinajstić information content (AvgIpc) is 1.65. The molecule has 0 unspecified atom stereocenters. The number of alkyl halides is 1. The first-order chi connectivity index (χ1) is 3.18. The number of nitrogens with zero attached hydrogens (tertiary/aromatic N) is 1. The smallest absolute Gasteiger partial charge is 0.159 e. The van der Waals surface area contributed by atoms with Gasteiger partial charge >= 0.3 is 0 Å². The fraction of sp³-hybridized carbons (Fsp3) is 0.500. The van der Waals surface area contributed by atoms with Crippen LogP contribution in [-0.4, -0.2) is 10.6 Å². The summed E-state index contributed by atoms with van der Waals surface area (Å²) in [5, 5.41) is 7.99. The Morgan fingerprint density at radius 3 is 2.43 bits per heavy atom. The van der Waals surface area contributed by atoms with Gasteiger partial charge in [0.2, 0.25) is 0 Å². The number of hydrogen-bond acceptors (Lipinski definition) is 2. The fourth-order valence-corrected chi connectivity index (χ4v) is 0.0909. The minimum Gasteiger partial charge on any atom is -0.298 e. The first kappa shape index (κ1) is 6.64. The molecule has 0 amide bonds. The number of nitriles is 1. The normalized spacial score (nSPS) is 12.1. The van der Waals surface area contributed by atoms with Gasteiger partial charge in [0.15, 0.2) is 10.6 Å². The second kappa shape index (κ2) is 2.75. The van der Waals surface area contributed by atoms with Crippen LogP contribution < -0.4 is 0 Å². The summed E-state index contributed by atoms with van der Waals surface area (Å²) in [4.78, 5) is 9.49. The van der Waals surface area contributed by atoms with Crippen molar-refractivity contribution in [3.05, 3.63) is 0 Å². The van der Waals surface area contributed by atoms with Crippen LogP contribution in [0.2, 0.25) is 0 Å². The average molecular weight is 162 g/mol. The van der Waals surface area contributed by atoms with Crippen LogP contribution in [0, 0.1) is 11.3 Å². The van der Waals surface area contributed by atoms with Crippen LogP contribution in [0.25, 0.3) is 0 Å². The highest BCUT2D eigenvalue weighted by atomic mass is 79.9. The molecule has 0 bridgehead atoms. The molecule has 0 N–H and O–H groups in total. The van der Waals surface area contributed by atoms with Crippen LogP contribution in [0.5, 0.6) is 0 Å². The van der Waals surface area contributed by atoms with Gasteiger partial charge in [0.05, 0.1) is 6.07 Å². The minimum absolute atomic E-state index is 0.150. The topological polar surface area (TPSA) is 40.9 Å². The molecule has 2 nitrogen and oxygen atoms in total. The van der Waals surface area contributed by atoms with Gasteiger partial charge in [-0.1, -0.05) is 15.9 Å². The Bertz CT molecular complexity index is 115. The molecular formula is C4H4BrNO. The zero-order valence-corrected chi connectivity index (χ0v) is 5.40. The quantitative estimate of drug-likeness (QED) is 0.536. The largest absolute Gasteiger partial charge is 0.298 e. The third-order valence-corrected chi connectivity index (χ3v) is 1.32. The number of carbonyl (C=O) groups excluding carboxylic acids is 1. The predicted octanol–water partition coefficient (Wildman–Crippen LogP) is 0.862. The van der Waals surface area contributed by atoms with E-state index in [9.17, 15) is 4.79 Å². The summed E-state index contributed by atoms with van der Waals surface area (Å²) < 4.78 is 0. The van der Waals surface area contributed by atoms with E-state index in [4.69, 9.17) is 5.26 Å². The molecule has 0 spiro atoms. The third kappa shape index (κ3) is 2.35. The number of ketones is 1. The van der Waals surface area contributed by atoms with Crippen molar-refractivity contribution in [1.29, 1.82) is 5.26 Å². The van der Waals surface area contributed by atoms with Crippen molar-refractivity contribution < 1.29 is 4.79 Å². The van der Waals surface area contributed by atoms with Gasteiger partial charge in [-0.2, -0.15) is 5.26 Å². The summed E-state index contributed by atoms with van der Waals surface area (Å²) in [6, 6.07) is 1.73. The maximum atomic E-state index is 10.1. The van der Waals surface area contributed by atoms with Gasteiger partial charge in [-0.25, -0.2) is 0 Å². The van der Waals surface area contributed by atoms with E-state index in [-0.39, 0.29) is 5.78 Å². The maximum absolute atomic E-state index is 10.1. The first-order valence-electron chi connectivity index (χ1n) is 1.72. The number of halogens is 1. The molecule has 0 radical (unpaired) electrons. The second-order valence-corrected chi connectivity index (χ2v) is 2.02. The molecule has 3 heteroatoms. The Hall–Kier alpha value is -0.360. The lowest BCUT2D eigenvalue weighted by atomic mass is 10.3. The van der Waals surface area contributed by atoms with E-state index in [1.165, 1.54) is 6.92 Å². The molecular weight excluding hydrogens is 158 g/mol. The Morgan fingerprint density at radius 1 is 2.00 bits per heavy atom. The summed E-state index contributed by atoms with van der Waals surface area (Å²) in [7, 11) is 0. The van der Waals surface area contributed by atoms with Crippen LogP contribution in [0.4, 0.5) is 0 Å². The van der Waals surface area contributed by atoms with Gasteiger partial charge in [0, 0.05) is 0 Å². The highest BCUT2D eigenvalue weighted by Crippen LogP contribution is 1.96. The van der Waals surface area contributed by atoms with Crippen molar-refractivity contribution in [1.82, 2.24) is 0 Å². The maximum Gasteiger partial charge on any atom is 0.159 e. The number of carbonyl (C=O) groups is 1. The standard InChI is InChI=1S/C4H4BrNO/c1-3(7)4(5)2-6/h4H,1H3/t4-/m0/s1. The molecule has 0 fully saturated rings. The zero-order chi connectivity index (χ0) is 5.86. The van der Waals surface area contributed by atoms with E-state index >= 15 is 0 Å². The lowest BCUT2D eigenvalue weighted by Crippen LogP contribution is -2.04. The van der Waals surface area contributed by atoms with Gasteiger partial charge < -0.3 is 0 Å². The SMILES string of the molecule is CC(=O)[C@@H](Br)C#N. The lowest BCUT2D eigenvalue weighted by molar-refractivity contribution is -0.115. The van der Waals surface area contributed by atoms with E-state index in [1.807, 2.05) is 0 Å². The summed E-state index contributed by atoms with van der Waals surface area (Å²) in [5.74, 6) is -0.150. The van der Waals surface area contributed by atoms with Crippen molar-refractivity contribution in [2.24, 2.45) is 0 Å². The molecule has 38 valence electrons. The summed E-state index contributed by atoms with van der Waals surface area (Å²) in [5.41, 5.74) is 0. The molecule has 0 aromatic heterocycles. The molecule has 0 rings (SSSR count). The molecule has 0 aromatic carbocycles. The fourth-order valence-electron chi connectivity index (χ4n) is 0.0909. The predicted molar refractivity (Wildman–Crippen MR) is 29.0 cm³/mol. The van der Waals surface area contributed by atoms with Gasteiger partial charge in [0.25, 0.3) is 0 Å². The van der Waals surface area contributed by atoms with E-state index in [0.29, 0.717) is 0 Å². The number of Topliss-reactive ketones (excluding diaryl/α,β-unsaturated/α-hetero) is 1. The molecule has 0 heterocycles. The van der Waals surface area contributed by atoms with Crippen LogP contribution in [0.3, 0.4) is 0 Å². The van der Waals surface area contributed by atoms with E-state index < -0.39 is 4.83 Å². The number of rotatable bonds is 1. The van der Waals surface area contributed by atoms with Gasteiger partial charge in [-0.05, 0) is 6.92 Å². The van der Waals surface area contributed by atoms with Crippen molar-refractivity contribution in [2.75, 3.05) is 0 Å². The van der Waals surface area contributed by atoms with Crippen LogP contribution in [0.1, 0.15) is 6.92 Å². The monoisotopic (exact) mass is 161 g/mol. The van der Waals surface area contributed by atoms with Gasteiger partial charge in [0.1, 0.15) is 0 Å².